The zero-order valence-electron chi connectivity index (χ0n) is 7.92. The number of nitriles is 1. The lowest BCUT2D eigenvalue weighted by molar-refractivity contribution is 0.315. The molecule has 1 rings (SSSR count). The second-order valence-electron chi connectivity index (χ2n) is 3.53. The molecule has 2 unspecified atom stereocenters. The van der Waals surface area contributed by atoms with Gasteiger partial charge in [0, 0.05) is 19.0 Å². The van der Waals surface area contributed by atoms with Crippen LogP contribution in [0.4, 0.5) is 0 Å². The lowest BCUT2D eigenvalue weighted by atomic mass is 9.85. The Kier molecular flexibility index (Phi) is 4.36. The van der Waals surface area contributed by atoms with E-state index in [4.69, 9.17) is 11.7 Å². The molecule has 1 aliphatic rings. The van der Waals surface area contributed by atoms with Crippen molar-refractivity contribution in [3.8, 4) is 18.4 Å². The number of hydrogen-bond donors (Lipinski definition) is 1. The van der Waals surface area contributed by atoms with E-state index in [-0.39, 0.29) is 5.92 Å². The van der Waals surface area contributed by atoms with Crippen LogP contribution < -0.4 is 5.32 Å². The Morgan fingerprint density at radius 2 is 2.15 bits per heavy atom. The first-order valence-corrected chi connectivity index (χ1v) is 4.95. The van der Waals surface area contributed by atoms with E-state index in [2.05, 4.69) is 17.3 Å². The number of terminal acetylenes is 1. The van der Waals surface area contributed by atoms with Crippen LogP contribution in [0.5, 0.6) is 0 Å². The van der Waals surface area contributed by atoms with Crippen molar-refractivity contribution in [1.82, 2.24) is 5.32 Å². The molecule has 0 spiro atoms. The Balaban J connectivity index is 2.29. The molecule has 0 aromatic heterocycles. The van der Waals surface area contributed by atoms with Crippen LogP contribution in [0.25, 0.3) is 0 Å². The first-order valence-electron chi connectivity index (χ1n) is 4.95. The first-order chi connectivity index (χ1) is 6.38. The van der Waals surface area contributed by atoms with Crippen LogP contribution in [0.15, 0.2) is 0 Å². The summed E-state index contributed by atoms with van der Waals surface area (Å²) in [6, 6.07) is 2.75. The quantitative estimate of drug-likeness (QED) is 0.524. The SMILES string of the molecule is C#CCCNC1CCCCC1C#N. The normalized spacial score (nSPS) is 27.5. The third kappa shape index (κ3) is 3.09. The summed E-state index contributed by atoms with van der Waals surface area (Å²) in [7, 11) is 0. The second kappa shape index (κ2) is 5.62. The maximum Gasteiger partial charge on any atom is 0.0672 e. The molecule has 0 radical (unpaired) electrons. The van der Waals surface area contributed by atoms with Crippen LogP contribution >= 0.6 is 0 Å². The molecule has 0 saturated heterocycles. The van der Waals surface area contributed by atoms with Crippen molar-refractivity contribution in [3.05, 3.63) is 0 Å². The zero-order valence-corrected chi connectivity index (χ0v) is 7.92. The van der Waals surface area contributed by atoms with E-state index >= 15 is 0 Å². The van der Waals surface area contributed by atoms with Gasteiger partial charge in [-0.3, -0.25) is 0 Å². The molecule has 1 fully saturated rings. The standard InChI is InChI=1S/C11H16N2/c1-2-3-8-13-11-7-5-4-6-10(11)9-12/h1,10-11,13H,3-8H2. The molecule has 0 aliphatic heterocycles. The van der Waals surface area contributed by atoms with Crippen LogP contribution in [-0.2, 0) is 0 Å². The first kappa shape index (κ1) is 10.1. The fourth-order valence-corrected chi connectivity index (χ4v) is 1.86. The van der Waals surface area contributed by atoms with Crippen molar-refractivity contribution in [3.63, 3.8) is 0 Å². The minimum Gasteiger partial charge on any atom is -0.312 e. The van der Waals surface area contributed by atoms with Crippen molar-refractivity contribution < 1.29 is 0 Å². The number of nitrogens with zero attached hydrogens (tertiary/aromatic N) is 1. The molecule has 0 aromatic rings. The summed E-state index contributed by atoms with van der Waals surface area (Å²) in [5.74, 6) is 2.80. The Bertz CT molecular complexity index is 221. The number of hydrogen-bond acceptors (Lipinski definition) is 2. The highest BCUT2D eigenvalue weighted by Gasteiger charge is 2.23. The Labute approximate surface area is 80.3 Å². The largest absolute Gasteiger partial charge is 0.312 e. The van der Waals surface area contributed by atoms with E-state index < -0.39 is 0 Å². The van der Waals surface area contributed by atoms with Gasteiger partial charge < -0.3 is 5.32 Å². The van der Waals surface area contributed by atoms with E-state index in [1.807, 2.05) is 0 Å². The van der Waals surface area contributed by atoms with Crippen molar-refractivity contribution in [2.24, 2.45) is 5.92 Å². The molecule has 2 atom stereocenters. The molecule has 0 heterocycles. The molecule has 2 nitrogen and oxygen atoms in total. The van der Waals surface area contributed by atoms with Crippen LogP contribution in [0.2, 0.25) is 0 Å². The van der Waals surface area contributed by atoms with Crippen molar-refractivity contribution in [2.45, 2.75) is 38.1 Å². The molecule has 1 N–H and O–H groups in total. The summed E-state index contributed by atoms with van der Waals surface area (Å²) in [6.45, 7) is 0.847. The average molecular weight is 176 g/mol. The third-order valence-electron chi connectivity index (χ3n) is 2.61. The highest BCUT2D eigenvalue weighted by atomic mass is 14.9. The fraction of sp³-hybridized carbons (Fsp3) is 0.727. The Morgan fingerprint density at radius 3 is 2.85 bits per heavy atom. The maximum absolute atomic E-state index is 8.89. The van der Waals surface area contributed by atoms with E-state index in [1.54, 1.807) is 0 Å². The molecule has 13 heavy (non-hydrogen) atoms. The van der Waals surface area contributed by atoms with Crippen molar-refractivity contribution in [1.29, 1.82) is 5.26 Å². The smallest absolute Gasteiger partial charge is 0.0672 e. The summed E-state index contributed by atoms with van der Waals surface area (Å²) in [6.07, 6.45) is 10.5. The van der Waals surface area contributed by atoms with Crippen molar-refractivity contribution >= 4 is 0 Å². The molecule has 2 heteroatoms. The van der Waals surface area contributed by atoms with Crippen LogP contribution in [0, 0.1) is 29.6 Å². The molecule has 70 valence electrons. The molecular formula is C11H16N2. The predicted octanol–water partition coefficient (Wildman–Crippen LogP) is 1.68. The topological polar surface area (TPSA) is 35.8 Å². The third-order valence-corrected chi connectivity index (χ3v) is 2.61. The molecule has 1 aliphatic carbocycles. The van der Waals surface area contributed by atoms with Gasteiger partial charge >= 0.3 is 0 Å². The van der Waals surface area contributed by atoms with E-state index in [0.29, 0.717) is 6.04 Å². The van der Waals surface area contributed by atoms with Gasteiger partial charge in [0.05, 0.1) is 12.0 Å². The summed E-state index contributed by atoms with van der Waals surface area (Å²) in [5.41, 5.74) is 0. The van der Waals surface area contributed by atoms with Gasteiger partial charge in [0.15, 0.2) is 0 Å². The monoisotopic (exact) mass is 176 g/mol. The molecule has 0 amide bonds. The lowest BCUT2D eigenvalue weighted by Crippen LogP contribution is -2.38. The zero-order chi connectivity index (χ0) is 9.52. The summed E-state index contributed by atoms with van der Waals surface area (Å²) in [5, 5.41) is 12.2. The van der Waals surface area contributed by atoms with Gasteiger partial charge in [0.1, 0.15) is 0 Å². The van der Waals surface area contributed by atoms with Gasteiger partial charge in [0.25, 0.3) is 0 Å². The van der Waals surface area contributed by atoms with Gasteiger partial charge in [-0.25, -0.2) is 0 Å². The molecule has 1 saturated carbocycles. The minimum atomic E-state index is 0.200. The van der Waals surface area contributed by atoms with Crippen LogP contribution in [0.1, 0.15) is 32.1 Å². The number of nitrogens with one attached hydrogen (secondary N) is 1. The summed E-state index contributed by atoms with van der Waals surface area (Å²) >= 11 is 0. The fourth-order valence-electron chi connectivity index (χ4n) is 1.86. The highest BCUT2D eigenvalue weighted by molar-refractivity contribution is 4.95. The van der Waals surface area contributed by atoms with E-state index in [1.165, 1.54) is 12.8 Å². The average Bonchev–Trinajstić information content (AvgIpc) is 2.19. The molecule has 0 bridgehead atoms. The predicted molar refractivity (Wildman–Crippen MR) is 52.8 cm³/mol. The van der Waals surface area contributed by atoms with Gasteiger partial charge in [-0.05, 0) is 12.8 Å². The second-order valence-corrected chi connectivity index (χ2v) is 3.53. The highest BCUT2D eigenvalue weighted by Crippen LogP contribution is 2.23. The minimum absolute atomic E-state index is 0.200. The summed E-state index contributed by atoms with van der Waals surface area (Å²) < 4.78 is 0. The molecule has 0 aromatic carbocycles. The van der Waals surface area contributed by atoms with E-state index in [0.717, 1.165) is 25.8 Å². The number of rotatable bonds is 3. The van der Waals surface area contributed by atoms with Crippen LogP contribution in [-0.4, -0.2) is 12.6 Å². The summed E-state index contributed by atoms with van der Waals surface area (Å²) in [4.78, 5) is 0. The van der Waals surface area contributed by atoms with Crippen molar-refractivity contribution in [2.75, 3.05) is 6.54 Å². The Morgan fingerprint density at radius 1 is 1.38 bits per heavy atom. The Hall–Kier alpha value is -0.990. The molecular weight excluding hydrogens is 160 g/mol. The van der Waals surface area contributed by atoms with Gasteiger partial charge in [-0.15, -0.1) is 12.3 Å². The van der Waals surface area contributed by atoms with Crippen LogP contribution in [0.3, 0.4) is 0 Å². The van der Waals surface area contributed by atoms with Gasteiger partial charge in [0.2, 0.25) is 0 Å². The lowest BCUT2D eigenvalue weighted by Gasteiger charge is -2.27. The maximum atomic E-state index is 8.89. The van der Waals surface area contributed by atoms with Gasteiger partial charge in [-0.2, -0.15) is 5.26 Å². The van der Waals surface area contributed by atoms with Gasteiger partial charge in [-0.1, -0.05) is 12.8 Å². The van der Waals surface area contributed by atoms with E-state index in [9.17, 15) is 0 Å².